The number of nitrogens with two attached hydrogens (primary N) is 1. The van der Waals surface area contributed by atoms with Gasteiger partial charge in [0.1, 0.15) is 0 Å². The first-order valence-electron chi connectivity index (χ1n) is 2.69. The van der Waals surface area contributed by atoms with Gasteiger partial charge in [0.25, 0.3) is 0 Å². The number of halogens is 1. The van der Waals surface area contributed by atoms with Gasteiger partial charge in [-0.1, -0.05) is 11.6 Å². The van der Waals surface area contributed by atoms with Crippen LogP contribution in [0.1, 0.15) is 0 Å². The highest BCUT2D eigenvalue weighted by molar-refractivity contribution is 6.39. The predicted molar refractivity (Wildman–Crippen MR) is 39.5 cm³/mol. The molecule has 5 heteroatoms. The van der Waals surface area contributed by atoms with Crippen LogP contribution in [0.15, 0.2) is 16.2 Å². The highest BCUT2D eigenvalue weighted by atomic mass is 35.5. The van der Waals surface area contributed by atoms with Crippen molar-refractivity contribution in [1.82, 2.24) is 5.43 Å². The van der Waals surface area contributed by atoms with E-state index in [1.54, 1.807) is 0 Å². The molecule has 0 spiro atoms. The van der Waals surface area contributed by atoms with Gasteiger partial charge in [-0.25, -0.2) is 0 Å². The van der Waals surface area contributed by atoms with Crippen molar-refractivity contribution < 1.29 is 4.74 Å². The Bertz CT molecular complexity index is 191. The molecule has 0 bridgehead atoms. The normalized spacial score (nSPS) is 31.3. The molecule has 0 fully saturated rings. The fourth-order valence-corrected chi connectivity index (χ4v) is 0.785. The SMILES string of the molecule is COC1(N)C=C(Cl)C=NN1. The zero-order chi connectivity index (χ0) is 7.61. The first-order valence-corrected chi connectivity index (χ1v) is 3.07. The number of methoxy groups -OCH3 is 1. The Morgan fingerprint density at radius 3 is 3.00 bits per heavy atom. The third-order valence-electron chi connectivity index (χ3n) is 1.12. The number of nitrogens with zero attached hydrogens (tertiary/aromatic N) is 1. The van der Waals surface area contributed by atoms with E-state index in [1.807, 2.05) is 0 Å². The van der Waals surface area contributed by atoms with Crippen LogP contribution < -0.4 is 11.2 Å². The third-order valence-corrected chi connectivity index (χ3v) is 1.32. The Labute approximate surface area is 63.7 Å². The Morgan fingerprint density at radius 1 is 1.90 bits per heavy atom. The van der Waals surface area contributed by atoms with Gasteiger partial charge >= 0.3 is 0 Å². The van der Waals surface area contributed by atoms with Crippen LogP contribution in [-0.4, -0.2) is 19.2 Å². The largest absolute Gasteiger partial charge is 0.342 e. The summed E-state index contributed by atoms with van der Waals surface area (Å²) in [5.74, 6) is -1.05. The fraction of sp³-hybridized carbons (Fsp3) is 0.400. The molecule has 1 aliphatic rings. The summed E-state index contributed by atoms with van der Waals surface area (Å²) in [7, 11) is 1.47. The van der Waals surface area contributed by atoms with Crippen molar-refractivity contribution in [1.29, 1.82) is 0 Å². The molecule has 0 saturated carbocycles. The maximum absolute atomic E-state index is 5.59. The molecular formula is C5H8ClN3O. The maximum Gasteiger partial charge on any atom is 0.229 e. The van der Waals surface area contributed by atoms with Crippen molar-refractivity contribution in [3.8, 4) is 0 Å². The molecule has 0 amide bonds. The molecule has 56 valence electrons. The van der Waals surface area contributed by atoms with E-state index in [0.717, 1.165) is 0 Å². The minimum atomic E-state index is -1.05. The van der Waals surface area contributed by atoms with Crippen LogP contribution in [-0.2, 0) is 4.74 Å². The lowest BCUT2D eigenvalue weighted by Crippen LogP contribution is -2.52. The Hall–Kier alpha value is -0.580. The van der Waals surface area contributed by atoms with Crippen LogP contribution in [0.2, 0.25) is 0 Å². The molecule has 10 heavy (non-hydrogen) atoms. The molecule has 3 N–H and O–H groups in total. The van der Waals surface area contributed by atoms with Crippen molar-refractivity contribution in [2.24, 2.45) is 10.8 Å². The summed E-state index contributed by atoms with van der Waals surface area (Å²) in [6.45, 7) is 0. The predicted octanol–water partition coefficient (Wildman–Crippen LogP) is -0.0430. The van der Waals surface area contributed by atoms with E-state index in [1.165, 1.54) is 19.4 Å². The van der Waals surface area contributed by atoms with Crippen molar-refractivity contribution in [3.05, 3.63) is 11.1 Å². The van der Waals surface area contributed by atoms with E-state index in [4.69, 9.17) is 22.1 Å². The molecule has 1 atom stereocenters. The summed E-state index contributed by atoms with van der Waals surface area (Å²) < 4.78 is 4.84. The Kier molecular flexibility index (Phi) is 1.94. The molecule has 0 aromatic rings. The van der Waals surface area contributed by atoms with Crippen LogP contribution in [0.3, 0.4) is 0 Å². The average Bonchev–Trinajstić information content (AvgIpc) is 1.88. The summed E-state index contributed by atoms with van der Waals surface area (Å²) in [6, 6.07) is 0. The summed E-state index contributed by atoms with van der Waals surface area (Å²) >= 11 is 5.59. The number of nitrogens with one attached hydrogen (secondary N) is 1. The van der Waals surface area contributed by atoms with Gasteiger partial charge in [-0.2, -0.15) is 5.10 Å². The van der Waals surface area contributed by atoms with Crippen molar-refractivity contribution in [3.63, 3.8) is 0 Å². The molecule has 1 heterocycles. The second-order valence-corrected chi connectivity index (χ2v) is 2.33. The second kappa shape index (κ2) is 2.57. The van der Waals surface area contributed by atoms with Crippen LogP contribution in [0, 0.1) is 0 Å². The second-order valence-electron chi connectivity index (χ2n) is 1.90. The van der Waals surface area contributed by atoms with Crippen LogP contribution >= 0.6 is 11.6 Å². The van der Waals surface area contributed by atoms with Crippen molar-refractivity contribution >= 4 is 17.8 Å². The zero-order valence-electron chi connectivity index (χ0n) is 5.47. The van der Waals surface area contributed by atoms with Crippen molar-refractivity contribution in [2.45, 2.75) is 5.85 Å². The fourth-order valence-electron chi connectivity index (χ4n) is 0.574. The summed E-state index contributed by atoms with van der Waals surface area (Å²) in [5, 5.41) is 4.12. The quantitative estimate of drug-likeness (QED) is 0.531. The minimum Gasteiger partial charge on any atom is -0.342 e. The molecule has 0 aromatic carbocycles. The lowest BCUT2D eigenvalue weighted by atomic mass is 10.3. The van der Waals surface area contributed by atoms with Gasteiger partial charge in [0.15, 0.2) is 0 Å². The van der Waals surface area contributed by atoms with Gasteiger partial charge in [-0.3, -0.25) is 11.2 Å². The maximum atomic E-state index is 5.59. The zero-order valence-corrected chi connectivity index (χ0v) is 6.22. The van der Waals surface area contributed by atoms with Crippen LogP contribution in [0.5, 0.6) is 0 Å². The van der Waals surface area contributed by atoms with Gasteiger partial charge in [0.05, 0.1) is 11.2 Å². The number of allylic oxidation sites excluding steroid dienone is 1. The molecule has 4 nitrogen and oxygen atoms in total. The van der Waals surface area contributed by atoms with Gasteiger partial charge in [-0.05, 0) is 0 Å². The first kappa shape index (κ1) is 7.53. The summed E-state index contributed by atoms with van der Waals surface area (Å²) in [5.41, 5.74) is 8.08. The Morgan fingerprint density at radius 2 is 2.60 bits per heavy atom. The van der Waals surface area contributed by atoms with Crippen LogP contribution in [0.4, 0.5) is 0 Å². The number of rotatable bonds is 1. The summed E-state index contributed by atoms with van der Waals surface area (Å²) in [6.07, 6.45) is 2.98. The number of hydrogen-bond donors (Lipinski definition) is 2. The number of hydrazone groups is 1. The smallest absolute Gasteiger partial charge is 0.229 e. The minimum absolute atomic E-state index is 0.461. The van der Waals surface area contributed by atoms with E-state index in [0.29, 0.717) is 5.03 Å². The topological polar surface area (TPSA) is 59.6 Å². The molecule has 0 saturated heterocycles. The number of hydrogen-bond acceptors (Lipinski definition) is 4. The van der Waals surface area contributed by atoms with E-state index in [9.17, 15) is 0 Å². The lowest BCUT2D eigenvalue weighted by molar-refractivity contribution is 0.00790. The lowest BCUT2D eigenvalue weighted by Gasteiger charge is -2.25. The van der Waals surface area contributed by atoms with Crippen LogP contribution in [0.25, 0.3) is 0 Å². The van der Waals surface area contributed by atoms with E-state index in [2.05, 4.69) is 10.5 Å². The molecule has 1 rings (SSSR count). The average molecular weight is 162 g/mol. The van der Waals surface area contributed by atoms with E-state index < -0.39 is 5.85 Å². The highest BCUT2D eigenvalue weighted by Gasteiger charge is 2.22. The van der Waals surface area contributed by atoms with Gasteiger partial charge < -0.3 is 4.74 Å². The summed E-state index contributed by atoms with van der Waals surface area (Å²) in [4.78, 5) is 0. The Balaban J connectivity index is 2.76. The van der Waals surface area contributed by atoms with Gasteiger partial charge in [0, 0.05) is 13.2 Å². The van der Waals surface area contributed by atoms with Crippen molar-refractivity contribution in [2.75, 3.05) is 7.11 Å². The van der Waals surface area contributed by atoms with Gasteiger partial charge in [-0.15, -0.1) is 0 Å². The third kappa shape index (κ3) is 1.47. The molecule has 1 unspecified atom stereocenters. The highest BCUT2D eigenvalue weighted by Crippen LogP contribution is 2.09. The standard InChI is InChI=1S/C5H8ClN3O/c1-10-5(7)2-4(6)3-8-9-5/h2-3,9H,7H2,1H3. The monoisotopic (exact) mass is 161 g/mol. The van der Waals surface area contributed by atoms with E-state index >= 15 is 0 Å². The molecule has 0 aromatic heterocycles. The molecule has 0 radical (unpaired) electrons. The molecule has 1 aliphatic heterocycles. The molecule has 0 aliphatic carbocycles. The molecular weight excluding hydrogens is 154 g/mol. The number of ether oxygens (including phenoxy) is 1. The van der Waals surface area contributed by atoms with E-state index in [-0.39, 0.29) is 0 Å². The first-order chi connectivity index (χ1) is 4.66. The van der Waals surface area contributed by atoms with Gasteiger partial charge in [0.2, 0.25) is 5.85 Å².